The van der Waals surface area contributed by atoms with E-state index in [2.05, 4.69) is 11.9 Å². The molecule has 2 amide bonds. The molecule has 13 heavy (non-hydrogen) atoms. The van der Waals surface area contributed by atoms with E-state index in [1.807, 2.05) is 0 Å². The Labute approximate surface area is 76.8 Å². The molecule has 0 saturated carbocycles. The van der Waals surface area contributed by atoms with Gasteiger partial charge in [-0.05, 0) is 13.0 Å². The number of hydrogen-bond donors (Lipinski definition) is 2. The lowest BCUT2D eigenvalue weighted by molar-refractivity contribution is -0.104. The molecule has 0 aliphatic rings. The van der Waals surface area contributed by atoms with E-state index in [9.17, 15) is 9.59 Å². The molecule has 70 valence electrons. The van der Waals surface area contributed by atoms with Crippen molar-refractivity contribution in [2.45, 2.75) is 6.92 Å². The second-order valence-corrected chi connectivity index (χ2v) is 2.20. The lowest BCUT2D eigenvalue weighted by Crippen LogP contribution is -2.28. The fourth-order valence-electron chi connectivity index (χ4n) is 0.654. The van der Waals surface area contributed by atoms with Crippen LogP contribution >= 0.6 is 0 Å². The number of aldehydes is 1. The highest BCUT2D eigenvalue weighted by Crippen LogP contribution is 1.98. The Morgan fingerprint density at radius 3 is 2.46 bits per heavy atom. The first-order valence-corrected chi connectivity index (χ1v) is 3.66. The van der Waals surface area contributed by atoms with Crippen LogP contribution in [0.25, 0.3) is 0 Å². The molecule has 0 bridgehead atoms. The summed E-state index contributed by atoms with van der Waals surface area (Å²) in [5, 5.41) is 2.35. The number of nitrogens with two attached hydrogens (primary N) is 1. The van der Waals surface area contributed by atoms with Crippen LogP contribution in [-0.4, -0.2) is 12.3 Å². The first-order chi connectivity index (χ1) is 6.13. The molecule has 4 nitrogen and oxygen atoms in total. The SMILES string of the molecule is C=C/C(C=O)=C\C(=C/C)NC(N)=O. The van der Waals surface area contributed by atoms with Gasteiger partial charge in [0.15, 0.2) is 0 Å². The van der Waals surface area contributed by atoms with Gasteiger partial charge in [-0.1, -0.05) is 18.7 Å². The Kier molecular flexibility index (Phi) is 4.95. The summed E-state index contributed by atoms with van der Waals surface area (Å²) in [6.07, 6.45) is 5.13. The summed E-state index contributed by atoms with van der Waals surface area (Å²) in [6.45, 7) is 5.14. The van der Waals surface area contributed by atoms with E-state index in [0.717, 1.165) is 0 Å². The van der Waals surface area contributed by atoms with Crippen molar-refractivity contribution in [1.29, 1.82) is 0 Å². The van der Waals surface area contributed by atoms with Gasteiger partial charge in [-0.2, -0.15) is 0 Å². The number of allylic oxidation sites excluding steroid dienone is 4. The summed E-state index contributed by atoms with van der Waals surface area (Å²) < 4.78 is 0. The maximum absolute atomic E-state index is 10.5. The van der Waals surface area contributed by atoms with Crippen LogP contribution in [0.15, 0.2) is 36.1 Å². The van der Waals surface area contributed by atoms with E-state index in [1.54, 1.807) is 13.0 Å². The third kappa shape index (κ3) is 4.58. The average molecular weight is 180 g/mol. The van der Waals surface area contributed by atoms with Crippen molar-refractivity contribution < 1.29 is 9.59 Å². The highest BCUT2D eigenvalue weighted by molar-refractivity contribution is 5.79. The minimum Gasteiger partial charge on any atom is -0.351 e. The zero-order valence-corrected chi connectivity index (χ0v) is 7.41. The highest BCUT2D eigenvalue weighted by atomic mass is 16.2. The van der Waals surface area contributed by atoms with Gasteiger partial charge in [0.1, 0.15) is 6.29 Å². The standard InChI is InChI=1S/C9H12N2O2/c1-3-7(6-12)5-8(4-2)11-9(10)13/h3-6H,1H2,2H3,(H3,10,11,13)/b7-5+,8-4+. The summed E-state index contributed by atoms with van der Waals surface area (Å²) in [4.78, 5) is 20.8. The van der Waals surface area contributed by atoms with E-state index < -0.39 is 6.03 Å². The van der Waals surface area contributed by atoms with Crippen LogP contribution in [0, 0.1) is 0 Å². The molecule has 0 radical (unpaired) electrons. The normalized spacial score (nSPS) is 12.1. The zero-order valence-electron chi connectivity index (χ0n) is 7.41. The van der Waals surface area contributed by atoms with Crippen molar-refractivity contribution in [3.63, 3.8) is 0 Å². The van der Waals surface area contributed by atoms with Gasteiger partial charge in [0.2, 0.25) is 0 Å². The van der Waals surface area contributed by atoms with Crippen molar-refractivity contribution >= 4 is 12.3 Å². The molecule has 0 aromatic carbocycles. The first kappa shape index (κ1) is 11.2. The molecule has 0 saturated heterocycles. The van der Waals surface area contributed by atoms with Crippen LogP contribution < -0.4 is 11.1 Å². The Balaban J connectivity index is 4.61. The Morgan fingerprint density at radius 1 is 1.54 bits per heavy atom. The Morgan fingerprint density at radius 2 is 2.15 bits per heavy atom. The number of carbonyl (C=O) groups excluding carboxylic acids is 2. The van der Waals surface area contributed by atoms with Crippen molar-refractivity contribution in [3.8, 4) is 0 Å². The smallest absolute Gasteiger partial charge is 0.316 e. The first-order valence-electron chi connectivity index (χ1n) is 3.66. The van der Waals surface area contributed by atoms with Crippen molar-refractivity contribution in [2.24, 2.45) is 5.73 Å². The molecule has 0 fully saturated rings. The Hall–Kier alpha value is -1.84. The van der Waals surface area contributed by atoms with Crippen LogP contribution in [0.4, 0.5) is 4.79 Å². The number of urea groups is 1. The summed E-state index contributed by atoms with van der Waals surface area (Å²) in [6, 6.07) is -0.668. The lowest BCUT2D eigenvalue weighted by atomic mass is 10.2. The minimum atomic E-state index is -0.668. The predicted octanol–water partition coefficient (Wildman–Crippen LogP) is 0.870. The summed E-state index contributed by atoms with van der Waals surface area (Å²) >= 11 is 0. The Bertz CT molecular complexity index is 267. The third-order valence-corrected chi connectivity index (χ3v) is 1.27. The molecule has 3 N–H and O–H groups in total. The van der Waals surface area contributed by atoms with Crippen LogP contribution in [0.1, 0.15) is 6.92 Å². The van der Waals surface area contributed by atoms with Gasteiger partial charge in [0.25, 0.3) is 0 Å². The second-order valence-electron chi connectivity index (χ2n) is 2.20. The fourth-order valence-corrected chi connectivity index (χ4v) is 0.654. The molecular formula is C9H12N2O2. The largest absolute Gasteiger partial charge is 0.351 e. The van der Waals surface area contributed by atoms with Crippen LogP contribution in [-0.2, 0) is 4.79 Å². The molecule has 0 aromatic rings. The summed E-state index contributed by atoms with van der Waals surface area (Å²) in [7, 11) is 0. The maximum atomic E-state index is 10.5. The average Bonchev–Trinajstić information content (AvgIpc) is 2.11. The zero-order chi connectivity index (χ0) is 10.3. The summed E-state index contributed by atoms with van der Waals surface area (Å²) in [5.74, 6) is 0. The molecule has 0 heterocycles. The summed E-state index contributed by atoms with van der Waals surface area (Å²) in [5.41, 5.74) is 5.74. The van der Waals surface area contributed by atoms with Crippen molar-refractivity contribution in [3.05, 3.63) is 36.1 Å². The van der Waals surface area contributed by atoms with Crippen LogP contribution in [0.5, 0.6) is 0 Å². The van der Waals surface area contributed by atoms with E-state index in [4.69, 9.17) is 5.73 Å². The highest BCUT2D eigenvalue weighted by Gasteiger charge is 1.96. The van der Waals surface area contributed by atoms with E-state index in [1.165, 1.54) is 12.2 Å². The quantitative estimate of drug-likeness (QED) is 0.383. The van der Waals surface area contributed by atoms with Crippen molar-refractivity contribution in [1.82, 2.24) is 5.32 Å². The van der Waals surface area contributed by atoms with Gasteiger partial charge in [0.05, 0.1) is 0 Å². The van der Waals surface area contributed by atoms with E-state index in [-0.39, 0.29) is 0 Å². The fraction of sp³-hybridized carbons (Fsp3) is 0.111. The number of carbonyl (C=O) groups is 2. The van der Waals surface area contributed by atoms with Gasteiger partial charge < -0.3 is 11.1 Å². The van der Waals surface area contributed by atoms with Gasteiger partial charge in [-0.15, -0.1) is 0 Å². The molecule has 0 aromatic heterocycles. The van der Waals surface area contributed by atoms with Gasteiger partial charge in [-0.25, -0.2) is 4.79 Å². The number of hydrogen-bond acceptors (Lipinski definition) is 2. The van der Waals surface area contributed by atoms with Gasteiger partial charge >= 0.3 is 6.03 Å². The van der Waals surface area contributed by atoms with Gasteiger partial charge in [0, 0.05) is 11.3 Å². The number of amides is 2. The van der Waals surface area contributed by atoms with E-state index in [0.29, 0.717) is 17.6 Å². The number of nitrogens with one attached hydrogen (secondary N) is 1. The maximum Gasteiger partial charge on any atom is 0.316 e. The third-order valence-electron chi connectivity index (χ3n) is 1.27. The molecule has 0 unspecified atom stereocenters. The minimum absolute atomic E-state index is 0.377. The second kappa shape index (κ2) is 5.77. The molecule has 4 heteroatoms. The number of primary amides is 1. The predicted molar refractivity (Wildman–Crippen MR) is 50.8 cm³/mol. The molecule has 0 aliphatic heterocycles. The lowest BCUT2D eigenvalue weighted by Gasteiger charge is -2.01. The van der Waals surface area contributed by atoms with Crippen molar-refractivity contribution in [2.75, 3.05) is 0 Å². The van der Waals surface area contributed by atoms with Crippen LogP contribution in [0.3, 0.4) is 0 Å². The van der Waals surface area contributed by atoms with Gasteiger partial charge in [-0.3, -0.25) is 4.79 Å². The number of rotatable bonds is 4. The molecule has 0 aliphatic carbocycles. The van der Waals surface area contributed by atoms with Crippen LogP contribution in [0.2, 0.25) is 0 Å². The van der Waals surface area contributed by atoms with E-state index >= 15 is 0 Å². The monoisotopic (exact) mass is 180 g/mol. The molecule has 0 spiro atoms. The topological polar surface area (TPSA) is 72.2 Å². The molecular weight excluding hydrogens is 168 g/mol. The molecule has 0 atom stereocenters. The molecule has 0 rings (SSSR count).